The van der Waals surface area contributed by atoms with Gasteiger partial charge < -0.3 is 5.32 Å². The highest BCUT2D eigenvalue weighted by atomic mass is 32.2. The Hall–Kier alpha value is -0.770. The lowest BCUT2D eigenvalue weighted by molar-refractivity contribution is 0.794. The molecule has 0 aromatic carbocycles. The summed E-state index contributed by atoms with van der Waals surface area (Å²) in [6.45, 7) is 13.8. The molecule has 4 heteroatoms. The van der Waals surface area contributed by atoms with Crippen molar-refractivity contribution in [2.45, 2.75) is 57.7 Å². The molecule has 1 aromatic rings. The van der Waals surface area contributed by atoms with E-state index in [1.807, 2.05) is 6.92 Å². The van der Waals surface area contributed by atoms with E-state index in [4.69, 9.17) is 0 Å². The van der Waals surface area contributed by atoms with Crippen LogP contribution in [0.4, 0.5) is 5.82 Å². The second kappa shape index (κ2) is 5.71. The van der Waals surface area contributed by atoms with E-state index < -0.39 is 0 Å². The van der Waals surface area contributed by atoms with E-state index >= 15 is 0 Å². The third kappa shape index (κ3) is 4.54. The van der Waals surface area contributed by atoms with E-state index in [1.54, 1.807) is 11.8 Å². The molecule has 1 rings (SSSR count). The Kier molecular flexibility index (Phi) is 4.80. The number of nitrogens with zero attached hydrogens (tertiary/aromatic N) is 2. The fraction of sp³-hybridized carbons (Fsp3) is 0.692. The van der Waals surface area contributed by atoms with E-state index in [0.29, 0.717) is 0 Å². The van der Waals surface area contributed by atoms with Crippen LogP contribution in [0.25, 0.3) is 0 Å². The molecule has 0 aliphatic rings. The Morgan fingerprint density at radius 2 is 1.82 bits per heavy atom. The number of nitrogens with one attached hydrogen (secondary N) is 1. The lowest BCUT2D eigenvalue weighted by atomic mass is 10.3. The summed E-state index contributed by atoms with van der Waals surface area (Å²) in [5, 5.41) is 4.45. The van der Waals surface area contributed by atoms with Crippen molar-refractivity contribution in [3.8, 4) is 0 Å². The fourth-order valence-electron chi connectivity index (χ4n) is 1.41. The Labute approximate surface area is 109 Å². The molecule has 0 unspecified atom stereocenters. The second-order valence-corrected chi connectivity index (χ2v) is 7.01. The van der Waals surface area contributed by atoms with Crippen molar-refractivity contribution in [3.63, 3.8) is 0 Å². The molecule has 0 atom stereocenters. The van der Waals surface area contributed by atoms with E-state index in [2.05, 4.69) is 49.9 Å². The second-order valence-electron chi connectivity index (χ2n) is 5.19. The molecule has 3 nitrogen and oxygen atoms in total. The van der Waals surface area contributed by atoms with E-state index in [9.17, 15) is 0 Å². The summed E-state index contributed by atoms with van der Waals surface area (Å²) >= 11 is 1.80. The standard InChI is InChI=1S/C13H23N3S/c1-7-8-14-11-9(2)12(16-10(3)15-11)17-13(4,5)6/h7-8H2,1-6H3,(H,14,15,16). The predicted molar refractivity (Wildman–Crippen MR) is 75.9 cm³/mol. The van der Waals surface area contributed by atoms with Crippen LogP contribution in [-0.4, -0.2) is 21.3 Å². The maximum absolute atomic E-state index is 4.54. The van der Waals surface area contributed by atoms with Gasteiger partial charge in [-0.15, -0.1) is 11.8 Å². The number of hydrogen-bond acceptors (Lipinski definition) is 4. The largest absolute Gasteiger partial charge is 0.370 e. The molecule has 0 saturated carbocycles. The molecule has 0 fully saturated rings. The van der Waals surface area contributed by atoms with Crippen LogP contribution in [0.3, 0.4) is 0 Å². The average Bonchev–Trinajstić information content (AvgIpc) is 2.18. The molecule has 0 spiro atoms. The minimum Gasteiger partial charge on any atom is -0.370 e. The molecule has 0 saturated heterocycles. The van der Waals surface area contributed by atoms with Crippen molar-refractivity contribution in [1.29, 1.82) is 0 Å². The summed E-state index contributed by atoms with van der Waals surface area (Å²) in [6, 6.07) is 0. The third-order valence-electron chi connectivity index (χ3n) is 2.16. The summed E-state index contributed by atoms with van der Waals surface area (Å²) in [7, 11) is 0. The molecule has 0 bridgehead atoms. The van der Waals surface area contributed by atoms with Crippen LogP contribution in [-0.2, 0) is 0 Å². The first-order valence-electron chi connectivity index (χ1n) is 6.11. The molecule has 0 amide bonds. The van der Waals surface area contributed by atoms with Crippen LogP contribution < -0.4 is 5.32 Å². The number of rotatable bonds is 4. The van der Waals surface area contributed by atoms with Crippen LogP contribution in [0.5, 0.6) is 0 Å². The molecule has 17 heavy (non-hydrogen) atoms. The maximum Gasteiger partial charge on any atom is 0.133 e. The van der Waals surface area contributed by atoms with Crippen LogP contribution in [0.1, 0.15) is 45.5 Å². The van der Waals surface area contributed by atoms with Crippen LogP contribution in [0.15, 0.2) is 5.03 Å². The van der Waals surface area contributed by atoms with Gasteiger partial charge in [0.15, 0.2) is 0 Å². The fourth-order valence-corrected chi connectivity index (χ4v) is 2.42. The molecule has 96 valence electrons. The molecule has 1 N–H and O–H groups in total. The van der Waals surface area contributed by atoms with Gasteiger partial charge in [0.05, 0.1) is 0 Å². The molecule has 0 aliphatic carbocycles. The lowest BCUT2D eigenvalue weighted by Crippen LogP contribution is -2.11. The summed E-state index contributed by atoms with van der Waals surface area (Å²) < 4.78 is 0.174. The van der Waals surface area contributed by atoms with Crippen molar-refractivity contribution < 1.29 is 0 Å². The van der Waals surface area contributed by atoms with E-state index in [0.717, 1.165) is 35.2 Å². The first-order chi connectivity index (χ1) is 7.83. The van der Waals surface area contributed by atoms with Gasteiger partial charge >= 0.3 is 0 Å². The highest BCUT2D eigenvalue weighted by Gasteiger charge is 2.17. The molecule has 0 radical (unpaired) electrons. The Morgan fingerprint density at radius 1 is 1.18 bits per heavy atom. The lowest BCUT2D eigenvalue weighted by Gasteiger charge is -2.19. The first-order valence-corrected chi connectivity index (χ1v) is 6.93. The SMILES string of the molecule is CCCNc1nc(C)nc(SC(C)(C)C)c1C. The number of anilines is 1. The van der Waals surface area contributed by atoms with Crippen LogP contribution >= 0.6 is 11.8 Å². The van der Waals surface area contributed by atoms with Crippen LogP contribution in [0, 0.1) is 13.8 Å². The topological polar surface area (TPSA) is 37.8 Å². The van der Waals surface area contributed by atoms with Gasteiger partial charge in [0.2, 0.25) is 0 Å². The van der Waals surface area contributed by atoms with Crippen molar-refractivity contribution in [2.24, 2.45) is 0 Å². The third-order valence-corrected chi connectivity index (χ3v) is 3.36. The molecule has 1 aromatic heterocycles. The van der Waals surface area contributed by atoms with Crippen LogP contribution in [0.2, 0.25) is 0 Å². The number of aryl methyl sites for hydroxylation is 1. The zero-order valence-electron chi connectivity index (χ0n) is 11.7. The zero-order chi connectivity index (χ0) is 13.1. The van der Waals surface area contributed by atoms with Gasteiger partial charge in [0, 0.05) is 16.9 Å². The van der Waals surface area contributed by atoms with E-state index in [1.165, 1.54) is 0 Å². The van der Waals surface area contributed by atoms with E-state index in [-0.39, 0.29) is 4.75 Å². The van der Waals surface area contributed by atoms with Gasteiger partial charge in [-0.1, -0.05) is 27.7 Å². The Bertz CT molecular complexity index is 383. The zero-order valence-corrected chi connectivity index (χ0v) is 12.5. The van der Waals surface area contributed by atoms with Gasteiger partial charge in [-0.3, -0.25) is 0 Å². The van der Waals surface area contributed by atoms with Crippen molar-refractivity contribution in [2.75, 3.05) is 11.9 Å². The van der Waals surface area contributed by atoms with Gasteiger partial charge in [0.25, 0.3) is 0 Å². The quantitative estimate of drug-likeness (QED) is 0.654. The smallest absolute Gasteiger partial charge is 0.133 e. The number of hydrogen-bond donors (Lipinski definition) is 1. The molecular formula is C13H23N3S. The van der Waals surface area contributed by atoms with Gasteiger partial charge in [0.1, 0.15) is 16.7 Å². The van der Waals surface area contributed by atoms with Gasteiger partial charge in [-0.25, -0.2) is 9.97 Å². The number of thioether (sulfide) groups is 1. The van der Waals surface area contributed by atoms with Crippen molar-refractivity contribution in [3.05, 3.63) is 11.4 Å². The average molecular weight is 253 g/mol. The van der Waals surface area contributed by atoms with Crippen molar-refractivity contribution in [1.82, 2.24) is 9.97 Å². The summed E-state index contributed by atoms with van der Waals surface area (Å²) in [5.74, 6) is 1.81. The summed E-state index contributed by atoms with van der Waals surface area (Å²) in [5.41, 5.74) is 1.16. The highest BCUT2D eigenvalue weighted by Crippen LogP contribution is 2.34. The molecule has 1 heterocycles. The minimum atomic E-state index is 0.174. The Balaban J connectivity index is 3.01. The highest BCUT2D eigenvalue weighted by molar-refractivity contribution is 8.00. The summed E-state index contributed by atoms with van der Waals surface area (Å²) in [4.78, 5) is 9.00. The summed E-state index contributed by atoms with van der Waals surface area (Å²) in [6.07, 6.45) is 1.10. The van der Waals surface area contributed by atoms with Gasteiger partial charge in [-0.2, -0.15) is 0 Å². The molecule has 0 aliphatic heterocycles. The Morgan fingerprint density at radius 3 is 2.35 bits per heavy atom. The monoisotopic (exact) mass is 253 g/mol. The minimum absolute atomic E-state index is 0.174. The van der Waals surface area contributed by atoms with Crippen molar-refractivity contribution >= 4 is 17.6 Å². The predicted octanol–water partition coefficient (Wildman–Crippen LogP) is 3.81. The maximum atomic E-state index is 4.54. The first kappa shape index (κ1) is 14.3. The molecular weight excluding hydrogens is 230 g/mol. The number of aromatic nitrogens is 2. The normalized spacial score (nSPS) is 11.6. The van der Waals surface area contributed by atoms with Gasteiger partial charge in [-0.05, 0) is 20.3 Å².